The first-order chi connectivity index (χ1) is 13.5. The predicted octanol–water partition coefficient (Wildman–Crippen LogP) is 5.93. The second kappa shape index (κ2) is 9.52. The number of carbonyl (C=O) groups is 1. The molecule has 0 bridgehead atoms. The fourth-order valence-electron chi connectivity index (χ4n) is 2.57. The van der Waals surface area contributed by atoms with E-state index < -0.39 is 6.03 Å². The van der Waals surface area contributed by atoms with E-state index in [-0.39, 0.29) is 0 Å². The zero-order valence-electron chi connectivity index (χ0n) is 15.6. The first-order valence-corrected chi connectivity index (χ1v) is 10.1. The summed E-state index contributed by atoms with van der Waals surface area (Å²) in [6.07, 6.45) is 1.04. The lowest BCUT2D eigenvalue weighted by Crippen LogP contribution is -2.19. The fourth-order valence-corrected chi connectivity index (χ4v) is 3.40. The van der Waals surface area contributed by atoms with Gasteiger partial charge in [-0.2, -0.15) is 0 Å². The van der Waals surface area contributed by atoms with E-state index >= 15 is 0 Å². The highest BCUT2D eigenvalue weighted by molar-refractivity contribution is 7.15. The van der Waals surface area contributed by atoms with Gasteiger partial charge in [-0.1, -0.05) is 61.1 Å². The van der Waals surface area contributed by atoms with Crippen molar-refractivity contribution in [1.82, 2.24) is 10.2 Å². The zero-order chi connectivity index (χ0) is 19.9. The molecule has 6 nitrogen and oxygen atoms in total. The van der Waals surface area contributed by atoms with E-state index in [9.17, 15) is 4.79 Å². The average Bonchev–Trinajstić information content (AvgIpc) is 3.13. The summed E-state index contributed by atoms with van der Waals surface area (Å²) in [6.45, 7) is 4.62. The van der Waals surface area contributed by atoms with E-state index in [0.29, 0.717) is 33.4 Å². The molecule has 0 radical (unpaired) electrons. The van der Waals surface area contributed by atoms with Gasteiger partial charge in [-0.25, -0.2) is 4.79 Å². The maximum atomic E-state index is 12.1. The van der Waals surface area contributed by atoms with Crippen LogP contribution in [0.5, 0.6) is 5.75 Å². The van der Waals surface area contributed by atoms with Gasteiger partial charge in [0.05, 0.1) is 0 Å². The molecule has 2 aromatic carbocycles. The molecular weight excluding hydrogens is 396 g/mol. The molecule has 0 aliphatic carbocycles. The number of halogens is 1. The average molecular weight is 417 g/mol. The minimum atomic E-state index is -0.409. The Hall–Kier alpha value is -2.64. The highest BCUT2D eigenvalue weighted by Gasteiger charge is 2.12. The summed E-state index contributed by atoms with van der Waals surface area (Å²) in [5.41, 5.74) is 1.77. The highest BCUT2D eigenvalue weighted by atomic mass is 35.5. The second-order valence-corrected chi connectivity index (χ2v) is 7.72. The molecule has 1 heterocycles. The molecule has 2 amide bonds. The van der Waals surface area contributed by atoms with Crippen LogP contribution in [0.25, 0.3) is 0 Å². The van der Waals surface area contributed by atoms with Crippen LogP contribution < -0.4 is 15.4 Å². The highest BCUT2D eigenvalue weighted by Crippen LogP contribution is 2.29. The molecule has 3 rings (SSSR count). The third kappa shape index (κ3) is 5.43. The quantitative estimate of drug-likeness (QED) is 0.500. The summed E-state index contributed by atoms with van der Waals surface area (Å²) in [7, 11) is 0. The van der Waals surface area contributed by atoms with Crippen LogP contribution in [0.3, 0.4) is 0 Å². The van der Waals surface area contributed by atoms with Gasteiger partial charge in [-0.3, -0.25) is 5.32 Å². The molecule has 0 aliphatic rings. The maximum Gasteiger partial charge on any atom is 0.325 e. The van der Waals surface area contributed by atoms with E-state index in [1.54, 1.807) is 24.3 Å². The monoisotopic (exact) mass is 416 g/mol. The topological polar surface area (TPSA) is 76.1 Å². The van der Waals surface area contributed by atoms with Crippen molar-refractivity contribution >= 4 is 39.8 Å². The van der Waals surface area contributed by atoms with Crippen LogP contribution in [-0.2, 0) is 6.61 Å². The standard InChI is InChI=1S/C20H21ClN4O2S/c1-3-13(2)16-9-4-5-10-17(16)27-12-18-24-25-20(28-18)23-19(26)22-15-8-6-7-14(21)11-15/h4-11,13H,3,12H2,1-2H3,(H2,22,23,25,26). The second-order valence-electron chi connectivity index (χ2n) is 6.23. The number of anilines is 2. The van der Waals surface area contributed by atoms with Crippen LogP contribution in [0.1, 0.15) is 36.8 Å². The SMILES string of the molecule is CCC(C)c1ccccc1OCc1nnc(NC(=O)Nc2cccc(Cl)c2)s1. The number of ether oxygens (including phenoxy) is 1. The number of urea groups is 1. The molecule has 146 valence electrons. The van der Waals surface area contributed by atoms with Gasteiger partial charge in [0.1, 0.15) is 12.4 Å². The summed E-state index contributed by atoms with van der Waals surface area (Å²) in [6, 6.07) is 14.5. The van der Waals surface area contributed by atoms with Gasteiger partial charge in [-0.15, -0.1) is 10.2 Å². The molecular formula is C20H21ClN4O2S. The lowest BCUT2D eigenvalue weighted by atomic mass is 9.98. The van der Waals surface area contributed by atoms with Gasteiger partial charge >= 0.3 is 6.03 Å². The lowest BCUT2D eigenvalue weighted by molar-refractivity contribution is 0.262. The van der Waals surface area contributed by atoms with Gasteiger partial charge in [-0.05, 0) is 42.2 Å². The Morgan fingerprint density at radius 1 is 1.18 bits per heavy atom. The summed E-state index contributed by atoms with van der Waals surface area (Å²) in [4.78, 5) is 12.1. The number of hydrogen-bond donors (Lipinski definition) is 2. The summed E-state index contributed by atoms with van der Waals surface area (Å²) < 4.78 is 5.94. The Morgan fingerprint density at radius 2 is 2.00 bits per heavy atom. The van der Waals surface area contributed by atoms with Gasteiger partial charge in [0.25, 0.3) is 0 Å². The van der Waals surface area contributed by atoms with Crippen molar-refractivity contribution in [3.8, 4) is 5.75 Å². The third-order valence-electron chi connectivity index (χ3n) is 4.18. The minimum absolute atomic E-state index is 0.294. The Labute approximate surface area is 172 Å². The van der Waals surface area contributed by atoms with Gasteiger partial charge in [0.15, 0.2) is 5.01 Å². The molecule has 0 saturated heterocycles. The van der Waals surface area contributed by atoms with Gasteiger partial charge < -0.3 is 10.1 Å². The number of nitrogens with zero attached hydrogens (tertiary/aromatic N) is 2. The molecule has 0 saturated carbocycles. The van der Waals surface area contributed by atoms with Crippen LogP contribution in [0, 0.1) is 0 Å². The van der Waals surface area contributed by atoms with Crippen molar-refractivity contribution in [1.29, 1.82) is 0 Å². The van der Waals surface area contributed by atoms with Crippen molar-refractivity contribution < 1.29 is 9.53 Å². The number of para-hydroxylation sites is 1. The van der Waals surface area contributed by atoms with Crippen LogP contribution in [0.15, 0.2) is 48.5 Å². The van der Waals surface area contributed by atoms with Gasteiger partial charge in [0, 0.05) is 10.7 Å². The number of rotatable bonds is 7. The van der Waals surface area contributed by atoms with E-state index in [2.05, 4.69) is 40.7 Å². The van der Waals surface area contributed by atoms with Gasteiger partial charge in [0.2, 0.25) is 5.13 Å². The summed E-state index contributed by atoms with van der Waals surface area (Å²) >= 11 is 7.18. The Kier molecular flexibility index (Phi) is 6.84. The number of amides is 2. The first kappa shape index (κ1) is 20.1. The maximum absolute atomic E-state index is 12.1. The molecule has 1 atom stereocenters. The molecule has 0 fully saturated rings. The van der Waals surface area contributed by atoms with E-state index in [1.807, 2.05) is 18.2 Å². The molecule has 2 N–H and O–H groups in total. The van der Waals surface area contributed by atoms with E-state index in [0.717, 1.165) is 12.2 Å². The number of benzene rings is 2. The number of carbonyl (C=O) groups excluding carboxylic acids is 1. The number of nitrogens with one attached hydrogen (secondary N) is 2. The fraction of sp³-hybridized carbons (Fsp3) is 0.250. The Balaban J connectivity index is 1.57. The largest absolute Gasteiger partial charge is 0.486 e. The molecule has 28 heavy (non-hydrogen) atoms. The molecule has 1 unspecified atom stereocenters. The summed E-state index contributed by atoms with van der Waals surface area (Å²) in [5.74, 6) is 1.26. The van der Waals surface area contributed by atoms with Crippen molar-refractivity contribution in [2.45, 2.75) is 32.8 Å². The molecule has 8 heteroatoms. The van der Waals surface area contributed by atoms with Crippen molar-refractivity contribution in [3.05, 3.63) is 64.1 Å². The zero-order valence-corrected chi connectivity index (χ0v) is 17.2. The van der Waals surface area contributed by atoms with Crippen molar-refractivity contribution in [3.63, 3.8) is 0 Å². The lowest BCUT2D eigenvalue weighted by Gasteiger charge is -2.14. The normalized spacial score (nSPS) is 11.7. The third-order valence-corrected chi connectivity index (χ3v) is 5.23. The molecule has 0 spiro atoms. The number of hydrogen-bond acceptors (Lipinski definition) is 5. The summed E-state index contributed by atoms with van der Waals surface area (Å²) in [5, 5.41) is 15.1. The van der Waals surface area contributed by atoms with E-state index in [1.165, 1.54) is 16.9 Å². The van der Waals surface area contributed by atoms with E-state index in [4.69, 9.17) is 16.3 Å². The Bertz CT molecular complexity index is 947. The van der Waals surface area contributed by atoms with Crippen molar-refractivity contribution in [2.75, 3.05) is 10.6 Å². The molecule has 0 aliphatic heterocycles. The predicted molar refractivity (Wildman–Crippen MR) is 113 cm³/mol. The van der Waals surface area contributed by atoms with Crippen LogP contribution in [-0.4, -0.2) is 16.2 Å². The van der Waals surface area contributed by atoms with Crippen molar-refractivity contribution in [2.24, 2.45) is 0 Å². The smallest absolute Gasteiger partial charge is 0.325 e. The van der Waals surface area contributed by atoms with Crippen LogP contribution >= 0.6 is 22.9 Å². The molecule has 1 aromatic heterocycles. The number of aromatic nitrogens is 2. The first-order valence-electron chi connectivity index (χ1n) is 8.93. The minimum Gasteiger partial charge on any atom is -0.486 e. The molecule has 3 aromatic rings. The van der Waals surface area contributed by atoms with Crippen LogP contribution in [0.4, 0.5) is 15.6 Å². The van der Waals surface area contributed by atoms with Crippen LogP contribution in [0.2, 0.25) is 5.02 Å². The Morgan fingerprint density at radius 3 is 2.79 bits per heavy atom.